The van der Waals surface area contributed by atoms with E-state index in [0.29, 0.717) is 29.8 Å². The van der Waals surface area contributed by atoms with Crippen molar-refractivity contribution in [1.82, 2.24) is 0 Å². The molecular formula is C17H15BrN2O2. The van der Waals surface area contributed by atoms with E-state index in [0.717, 1.165) is 4.47 Å². The van der Waals surface area contributed by atoms with Crippen LogP contribution in [0.3, 0.4) is 0 Å². The summed E-state index contributed by atoms with van der Waals surface area (Å²) in [6, 6.07) is 14.2. The molecule has 1 fully saturated rings. The van der Waals surface area contributed by atoms with Gasteiger partial charge in [0.05, 0.1) is 5.69 Å². The van der Waals surface area contributed by atoms with Crippen LogP contribution in [0.15, 0.2) is 53.0 Å². The van der Waals surface area contributed by atoms with Gasteiger partial charge in [-0.1, -0.05) is 46.3 Å². The van der Waals surface area contributed by atoms with Crippen LogP contribution in [-0.4, -0.2) is 24.3 Å². The zero-order valence-corrected chi connectivity index (χ0v) is 13.4. The molecule has 0 radical (unpaired) electrons. The van der Waals surface area contributed by atoms with Gasteiger partial charge in [-0.3, -0.25) is 9.59 Å². The summed E-state index contributed by atoms with van der Waals surface area (Å²) in [6.45, 7) is 0.440. The van der Waals surface area contributed by atoms with Crippen molar-refractivity contribution in [3.63, 3.8) is 0 Å². The van der Waals surface area contributed by atoms with Crippen molar-refractivity contribution in [1.29, 1.82) is 0 Å². The van der Waals surface area contributed by atoms with Gasteiger partial charge in [0.2, 0.25) is 5.91 Å². The van der Waals surface area contributed by atoms with Gasteiger partial charge in [-0.05, 0) is 18.2 Å². The standard InChI is InChI=1S/C17H15BrN2O2/c18-12-6-7-15(20-10-13(19)9-16(20)21)14(8-12)17(22)11-4-2-1-3-5-11/h1-8,13H,9-10,19H2. The molecule has 0 spiro atoms. The average molecular weight is 359 g/mol. The Morgan fingerprint density at radius 3 is 2.55 bits per heavy atom. The fourth-order valence-electron chi connectivity index (χ4n) is 2.64. The van der Waals surface area contributed by atoms with Gasteiger partial charge in [0.15, 0.2) is 5.78 Å². The minimum Gasteiger partial charge on any atom is -0.326 e. The molecule has 1 amide bonds. The maximum atomic E-state index is 12.8. The van der Waals surface area contributed by atoms with Crippen molar-refractivity contribution in [2.75, 3.05) is 11.4 Å². The molecule has 2 aromatic carbocycles. The fourth-order valence-corrected chi connectivity index (χ4v) is 3.00. The highest BCUT2D eigenvalue weighted by atomic mass is 79.9. The summed E-state index contributed by atoms with van der Waals surface area (Å²) in [5.41, 5.74) is 7.58. The molecule has 112 valence electrons. The predicted molar refractivity (Wildman–Crippen MR) is 89.0 cm³/mol. The molecule has 1 unspecified atom stereocenters. The maximum absolute atomic E-state index is 12.8. The number of halogens is 1. The zero-order chi connectivity index (χ0) is 15.7. The Morgan fingerprint density at radius 1 is 1.18 bits per heavy atom. The predicted octanol–water partition coefficient (Wildman–Crippen LogP) is 2.74. The topological polar surface area (TPSA) is 63.4 Å². The van der Waals surface area contributed by atoms with Gasteiger partial charge in [0.1, 0.15) is 0 Å². The first-order valence-corrected chi connectivity index (χ1v) is 7.81. The molecule has 1 aliphatic heterocycles. The lowest BCUT2D eigenvalue weighted by Crippen LogP contribution is -2.29. The van der Waals surface area contributed by atoms with Crippen LogP contribution in [-0.2, 0) is 4.79 Å². The van der Waals surface area contributed by atoms with Crippen LogP contribution in [0.1, 0.15) is 22.3 Å². The lowest BCUT2D eigenvalue weighted by molar-refractivity contribution is -0.117. The summed E-state index contributed by atoms with van der Waals surface area (Å²) in [4.78, 5) is 26.5. The summed E-state index contributed by atoms with van der Waals surface area (Å²) in [5.74, 6) is -0.151. The Hall–Kier alpha value is -1.98. The van der Waals surface area contributed by atoms with E-state index in [9.17, 15) is 9.59 Å². The second-order valence-electron chi connectivity index (χ2n) is 5.33. The summed E-state index contributed by atoms with van der Waals surface area (Å²) in [7, 11) is 0. The van der Waals surface area contributed by atoms with Gasteiger partial charge < -0.3 is 10.6 Å². The third kappa shape index (κ3) is 2.82. The number of ketones is 1. The van der Waals surface area contributed by atoms with E-state index in [-0.39, 0.29) is 17.7 Å². The summed E-state index contributed by atoms with van der Waals surface area (Å²) < 4.78 is 0.798. The number of carbonyl (C=O) groups excluding carboxylic acids is 2. The van der Waals surface area contributed by atoms with Crippen LogP contribution in [0.4, 0.5) is 5.69 Å². The van der Waals surface area contributed by atoms with Gasteiger partial charge >= 0.3 is 0 Å². The molecule has 1 aliphatic rings. The number of benzene rings is 2. The monoisotopic (exact) mass is 358 g/mol. The second kappa shape index (κ2) is 6.02. The summed E-state index contributed by atoms with van der Waals surface area (Å²) >= 11 is 3.39. The molecule has 0 saturated carbocycles. The number of amides is 1. The third-order valence-corrected chi connectivity index (χ3v) is 4.18. The smallest absolute Gasteiger partial charge is 0.228 e. The molecule has 0 aromatic heterocycles. The number of nitrogens with zero attached hydrogens (tertiary/aromatic N) is 1. The molecule has 2 aromatic rings. The molecule has 4 nitrogen and oxygen atoms in total. The van der Waals surface area contributed by atoms with Crippen LogP contribution in [0.25, 0.3) is 0 Å². The highest BCUT2D eigenvalue weighted by Crippen LogP contribution is 2.29. The Bertz CT molecular complexity index is 731. The molecule has 3 rings (SSSR count). The first kappa shape index (κ1) is 14.9. The number of hydrogen-bond acceptors (Lipinski definition) is 3. The molecule has 0 aliphatic carbocycles. The first-order chi connectivity index (χ1) is 10.6. The maximum Gasteiger partial charge on any atom is 0.228 e. The van der Waals surface area contributed by atoms with Crippen LogP contribution >= 0.6 is 15.9 Å². The number of hydrogen-bond donors (Lipinski definition) is 1. The highest BCUT2D eigenvalue weighted by molar-refractivity contribution is 9.10. The zero-order valence-electron chi connectivity index (χ0n) is 11.8. The largest absolute Gasteiger partial charge is 0.326 e. The van der Waals surface area contributed by atoms with Crippen molar-refractivity contribution in [2.24, 2.45) is 5.73 Å². The van der Waals surface area contributed by atoms with Gasteiger partial charge in [-0.2, -0.15) is 0 Å². The molecule has 0 bridgehead atoms. The van der Waals surface area contributed by atoms with Crippen molar-refractivity contribution >= 4 is 33.3 Å². The molecular weight excluding hydrogens is 344 g/mol. The van der Waals surface area contributed by atoms with Crippen molar-refractivity contribution in [3.05, 3.63) is 64.1 Å². The summed E-state index contributed by atoms with van der Waals surface area (Å²) in [6.07, 6.45) is 0.315. The van der Waals surface area contributed by atoms with E-state index >= 15 is 0 Å². The van der Waals surface area contributed by atoms with Crippen LogP contribution in [0, 0.1) is 0 Å². The first-order valence-electron chi connectivity index (χ1n) is 7.01. The molecule has 1 atom stereocenters. The lowest BCUT2D eigenvalue weighted by atomic mass is 10.0. The summed E-state index contributed by atoms with van der Waals surface area (Å²) in [5, 5.41) is 0. The number of nitrogens with two attached hydrogens (primary N) is 1. The second-order valence-corrected chi connectivity index (χ2v) is 6.24. The number of anilines is 1. The fraction of sp³-hybridized carbons (Fsp3) is 0.176. The van der Waals surface area contributed by atoms with Gasteiger partial charge in [-0.15, -0.1) is 0 Å². The SMILES string of the molecule is NC1CC(=O)N(c2ccc(Br)cc2C(=O)c2ccccc2)C1. The van der Waals surface area contributed by atoms with E-state index < -0.39 is 0 Å². The van der Waals surface area contributed by atoms with E-state index in [2.05, 4.69) is 15.9 Å². The third-order valence-electron chi connectivity index (χ3n) is 3.68. The van der Waals surface area contributed by atoms with Gasteiger partial charge in [0.25, 0.3) is 0 Å². The molecule has 22 heavy (non-hydrogen) atoms. The Kier molecular flexibility index (Phi) is 4.09. The van der Waals surface area contributed by atoms with E-state index in [1.165, 1.54) is 0 Å². The highest BCUT2D eigenvalue weighted by Gasteiger charge is 2.30. The molecule has 1 saturated heterocycles. The quantitative estimate of drug-likeness (QED) is 0.858. The van der Waals surface area contributed by atoms with E-state index in [1.54, 1.807) is 29.2 Å². The Morgan fingerprint density at radius 2 is 1.91 bits per heavy atom. The Labute approximate surface area is 137 Å². The van der Waals surface area contributed by atoms with Crippen LogP contribution < -0.4 is 10.6 Å². The minimum absolute atomic E-state index is 0.0445. The number of rotatable bonds is 3. The minimum atomic E-state index is -0.184. The van der Waals surface area contributed by atoms with Gasteiger partial charge in [0, 0.05) is 34.6 Å². The van der Waals surface area contributed by atoms with Crippen LogP contribution in [0.5, 0.6) is 0 Å². The van der Waals surface area contributed by atoms with E-state index in [1.807, 2.05) is 24.3 Å². The van der Waals surface area contributed by atoms with E-state index in [4.69, 9.17) is 5.73 Å². The normalized spacial score (nSPS) is 17.8. The molecule has 2 N–H and O–H groups in total. The molecule has 5 heteroatoms. The number of carbonyl (C=O) groups is 2. The Balaban J connectivity index is 2.06. The van der Waals surface area contributed by atoms with Crippen LogP contribution in [0.2, 0.25) is 0 Å². The lowest BCUT2D eigenvalue weighted by Gasteiger charge is -2.20. The van der Waals surface area contributed by atoms with Gasteiger partial charge in [-0.25, -0.2) is 0 Å². The van der Waals surface area contributed by atoms with Crippen molar-refractivity contribution in [3.8, 4) is 0 Å². The van der Waals surface area contributed by atoms with Crippen molar-refractivity contribution < 1.29 is 9.59 Å². The average Bonchev–Trinajstić information content (AvgIpc) is 2.86. The van der Waals surface area contributed by atoms with Crippen molar-refractivity contribution in [2.45, 2.75) is 12.5 Å². The molecule has 1 heterocycles.